The maximum absolute atomic E-state index is 14.3. The molecule has 5 heteroatoms. The van der Waals surface area contributed by atoms with Crippen LogP contribution in [0.4, 0.5) is 0 Å². The molecule has 126 valence electrons. The third-order valence-electron chi connectivity index (χ3n) is 4.12. The van der Waals surface area contributed by atoms with Crippen LogP contribution in [0.2, 0.25) is 0 Å². The predicted octanol–water partition coefficient (Wildman–Crippen LogP) is 2.41. The molecule has 0 aromatic heterocycles. The first-order chi connectivity index (χ1) is 12.0. The van der Waals surface area contributed by atoms with Crippen LogP contribution >= 0.6 is 7.14 Å². The molecule has 0 fully saturated rings. The Hall–Kier alpha value is -2.68. The van der Waals surface area contributed by atoms with E-state index in [0.29, 0.717) is 21.5 Å². The number of carboxylic acids is 1. The van der Waals surface area contributed by atoms with Gasteiger partial charge in [0, 0.05) is 15.9 Å². The summed E-state index contributed by atoms with van der Waals surface area (Å²) in [6.07, 6.45) is 0. The van der Waals surface area contributed by atoms with Gasteiger partial charge in [0.1, 0.15) is 6.04 Å². The Bertz CT molecular complexity index is 882. The van der Waals surface area contributed by atoms with Gasteiger partial charge >= 0.3 is 5.97 Å². The van der Waals surface area contributed by atoms with Gasteiger partial charge in [0.05, 0.1) is 0 Å². The number of nitrogens with two attached hydrogens (primary N) is 1. The van der Waals surface area contributed by atoms with E-state index in [1.807, 2.05) is 36.4 Å². The minimum absolute atomic E-state index is 0.367. The summed E-state index contributed by atoms with van der Waals surface area (Å²) in [5, 5.41) is 11.1. The van der Waals surface area contributed by atoms with Crippen LogP contribution in [0.5, 0.6) is 0 Å². The fourth-order valence-electron chi connectivity index (χ4n) is 2.87. The lowest BCUT2D eigenvalue weighted by molar-refractivity contribution is -0.138. The molecule has 0 spiro atoms. The van der Waals surface area contributed by atoms with Gasteiger partial charge in [-0.2, -0.15) is 0 Å². The first-order valence-electron chi connectivity index (χ1n) is 7.84. The molecule has 0 amide bonds. The van der Waals surface area contributed by atoms with Crippen LogP contribution in [0, 0.1) is 0 Å². The summed E-state index contributed by atoms with van der Waals surface area (Å²) < 4.78 is 14.3. The van der Waals surface area contributed by atoms with Crippen molar-refractivity contribution in [2.45, 2.75) is 6.04 Å². The van der Waals surface area contributed by atoms with Crippen molar-refractivity contribution in [3.63, 3.8) is 0 Å². The first-order valence-corrected chi connectivity index (χ1v) is 9.55. The van der Waals surface area contributed by atoms with Gasteiger partial charge < -0.3 is 15.4 Å². The second kappa shape index (κ2) is 7.06. The second-order valence-corrected chi connectivity index (χ2v) is 8.39. The lowest BCUT2D eigenvalue weighted by Gasteiger charge is -2.23. The van der Waals surface area contributed by atoms with E-state index in [4.69, 9.17) is 5.73 Å². The van der Waals surface area contributed by atoms with Gasteiger partial charge in [0.15, 0.2) is 7.14 Å². The van der Waals surface area contributed by atoms with E-state index in [1.165, 1.54) is 0 Å². The zero-order chi connectivity index (χ0) is 17.9. The zero-order valence-electron chi connectivity index (χ0n) is 13.4. The van der Waals surface area contributed by atoms with Gasteiger partial charge in [-0.15, -0.1) is 0 Å². The van der Waals surface area contributed by atoms with E-state index < -0.39 is 19.2 Å². The number of hydrogen-bond donors (Lipinski definition) is 2. The lowest BCUT2D eigenvalue weighted by Crippen LogP contribution is -2.32. The molecule has 3 N–H and O–H groups in total. The number of aliphatic carboxylic acids is 1. The minimum Gasteiger partial charge on any atom is -0.480 e. The standard InChI is InChI=1S/C20H18NO3P/c21-19(20(22)23)17-13-7-8-14-18(17)25(24,15-9-3-1-4-10-15)16-11-5-2-6-12-16/h1-14,19H,21H2,(H,22,23)/t19-/m1/s1. The molecule has 3 aromatic rings. The van der Waals surface area contributed by atoms with Gasteiger partial charge in [0.2, 0.25) is 0 Å². The first kappa shape index (κ1) is 17.2. The SMILES string of the molecule is N[C@@H](C(=O)O)c1ccccc1P(=O)(c1ccccc1)c1ccccc1. The highest BCUT2D eigenvalue weighted by Gasteiger charge is 2.33. The monoisotopic (exact) mass is 351 g/mol. The molecule has 0 saturated heterocycles. The molecule has 0 unspecified atom stereocenters. The third-order valence-corrected chi connectivity index (χ3v) is 7.25. The Morgan fingerprint density at radius 2 is 1.24 bits per heavy atom. The topological polar surface area (TPSA) is 80.4 Å². The molecule has 1 atom stereocenters. The number of carboxylic acid groups (broad SMARTS) is 1. The number of carbonyl (C=O) groups is 1. The van der Waals surface area contributed by atoms with E-state index in [9.17, 15) is 14.5 Å². The third kappa shape index (κ3) is 3.14. The van der Waals surface area contributed by atoms with E-state index in [0.717, 1.165) is 0 Å². The Kier molecular flexibility index (Phi) is 4.84. The van der Waals surface area contributed by atoms with E-state index in [2.05, 4.69) is 0 Å². The molecular formula is C20H18NO3P. The molecular weight excluding hydrogens is 333 g/mol. The number of benzene rings is 3. The molecule has 25 heavy (non-hydrogen) atoms. The molecule has 0 bridgehead atoms. The van der Waals surface area contributed by atoms with Crippen LogP contribution in [0.1, 0.15) is 11.6 Å². The van der Waals surface area contributed by atoms with Crippen LogP contribution in [-0.2, 0) is 9.36 Å². The summed E-state index contributed by atoms with van der Waals surface area (Å²) in [5.74, 6) is -1.15. The molecule has 0 aliphatic heterocycles. The van der Waals surface area contributed by atoms with Crippen LogP contribution in [-0.4, -0.2) is 11.1 Å². The van der Waals surface area contributed by atoms with E-state index in [-0.39, 0.29) is 0 Å². The van der Waals surface area contributed by atoms with Crippen molar-refractivity contribution in [2.24, 2.45) is 5.73 Å². The Morgan fingerprint density at radius 3 is 1.72 bits per heavy atom. The average Bonchev–Trinajstić information content (AvgIpc) is 2.68. The lowest BCUT2D eigenvalue weighted by atomic mass is 10.1. The Morgan fingerprint density at radius 1 is 0.800 bits per heavy atom. The summed E-state index contributed by atoms with van der Waals surface area (Å²) in [5.41, 5.74) is 6.24. The van der Waals surface area contributed by atoms with Crippen LogP contribution in [0.25, 0.3) is 0 Å². The van der Waals surface area contributed by atoms with Crippen molar-refractivity contribution in [3.05, 3.63) is 90.5 Å². The van der Waals surface area contributed by atoms with Crippen LogP contribution in [0.3, 0.4) is 0 Å². The minimum atomic E-state index is -3.25. The highest BCUT2D eigenvalue weighted by Crippen LogP contribution is 2.43. The zero-order valence-corrected chi connectivity index (χ0v) is 14.3. The van der Waals surface area contributed by atoms with Crippen molar-refractivity contribution in [3.8, 4) is 0 Å². The summed E-state index contributed by atoms with van der Waals surface area (Å²) >= 11 is 0. The average molecular weight is 351 g/mol. The molecule has 0 aliphatic carbocycles. The Balaban J connectivity index is 2.32. The van der Waals surface area contributed by atoms with Crippen LogP contribution < -0.4 is 21.6 Å². The fourth-order valence-corrected chi connectivity index (χ4v) is 5.79. The molecule has 0 radical (unpaired) electrons. The Labute approximate surface area is 146 Å². The number of rotatable bonds is 5. The van der Waals surface area contributed by atoms with E-state index in [1.54, 1.807) is 48.5 Å². The largest absolute Gasteiger partial charge is 0.480 e. The van der Waals surface area contributed by atoms with Gasteiger partial charge in [-0.05, 0) is 5.56 Å². The fraction of sp³-hybridized carbons (Fsp3) is 0.0500. The van der Waals surface area contributed by atoms with Crippen molar-refractivity contribution in [1.29, 1.82) is 0 Å². The second-order valence-electron chi connectivity index (χ2n) is 5.66. The van der Waals surface area contributed by atoms with Gasteiger partial charge in [-0.25, -0.2) is 0 Å². The van der Waals surface area contributed by atoms with Crippen molar-refractivity contribution >= 4 is 29.0 Å². The summed E-state index contributed by atoms with van der Waals surface area (Å²) in [4.78, 5) is 11.4. The quantitative estimate of drug-likeness (QED) is 0.692. The van der Waals surface area contributed by atoms with Crippen molar-refractivity contribution in [1.82, 2.24) is 0 Å². The molecule has 3 rings (SSSR count). The smallest absolute Gasteiger partial charge is 0.325 e. The summed E-state index contributed by atoms with van der Waals surface area (Å²) in [7, 11) is -3.25. The highest BCUT2D eigenvalue weighted by atomic mass is 31.2. The normalized spacial score (nSPS) is 12.5. The van der Waals surface area contributed by atoms with Crippen molar-refractivity contribution < 1.29 is 14.5 Å². The van der Waals surface area contributed by atoms with Crippen molar-refractivity contribution in [2.75, 3.05) is 0 Å². The summed E-state index contributed by atoms with van der Waals surface area (Å²) in [6, 6.07) is 23.8. The van der Waals surface area contributed by atoms with Crippen LogP contribution in [0.15, 0.2) is 84.9 Å². The summed E-state index contributed by atoms with van der Waals surface area (Å²) in [6.45, 7) is 0. The van der Waals surface area contributed by atoms with Gasteiger partial charge in [0.25, 0.3) is 0 Å². The maximum Gasteiger partial charge on any atom is 0.325 e. The van der Waals surface area contributed by atoms with Gasteiger partial charge in [-0.3, -0.25) is 4.79 Å². The molecule has 3 aromatic carbocycles. The van der Waals surface area contributed by atoms with Gasteiger partial charge in [-0.1, -0.05) is 84.9 Å². The number of hydrogen-bond acceptors (Lipinski definition) is 3. The molecule has 4 nitrogen and oxygen atoms in total. The highest BCUT2D eigenvalue weighted by molar-refractivity contribution is 7.85. The predicted molar refractivity (Wildman–Crippen MR) is 100 cm³/mol. The maximum atomic E-state index is 14.3. The molecule has 0 heterocycles. The molecule has 0 saturated carbocycles. The molecule has 0 aliphatic rings. The van der Waals surface area contributed by atoms with E-state index >= 15 is 0 Å².